The summed E-state index contributed by atoms with van der Waals surface area (Å²) >= 11 is 0. The van der Waals surface area contributed by atoms with Crippen molar-refractivity contribution in [1.82, 2.24) is 10.2 Å². The highest BCUT2D eigenvalue weighted by atomic mass is 16.3. The second-order valence-electron chi connectivity index (χ2n) is 6.66. The molecule has 2 amide bonds. The Morgan fingerprint density at radius 1 is 1.04 bits per heavy atom. The molecular formula is C18H24N2O4. The molecule has 2 aromatic rings. The number of amides is 2. The van der Waals surface area contributed by atoms with Gasteiger partial charge in [-0.3, -0.25) is 9.59 Å². The fourth-order valence-corrected chi connectivity index (χ4v) is 2.12. The smallest absolute Gasteiger partial charge is 0.225 e. The predicted octanol–water partition coefficient (Wildman–Crippen LogP) is 2.95. The highest BCUT2D eigenvalue weighted by molar-refractivity contribution is 5.82. The number of nitrogens with one attached hydrogen (secondary N) is 1. The summed E-state index contributed by atoms with van der Waals surface area (Å²) in [6.45, 7) is 6.54. The van der Waals surface area contributed by atoms with Gasteiger partial charge in [-0.25, -0.2) is 0 Å². The lowest BCUT2D eigenvalue weighted by Gasteiger charge is -2.22. The van der Waals surface area contributed by atoms with Crippen molar-refractivity contribution in [2.45, 2.75) is 40.3 Å². The van der Waals surface area contributed by atoms with Crippen LogP contribution in [0.3, 0.4) is 0 Å². The van der Waals surface area contributed by atoms with Crippen molar-refractivity contribution in [1.29, 1.82) is 0 Å². The van der Waals surface area contributed by atoms with Crippen LogP contribution in [-0.4, -0.2) is 23.3 Å². The maximum Gasteiger partial charge on any atom is 0.225 e. The van der Waals surface area contributed by atoms with Crippen LogP contribution in [0.2, 0.25) is 0 Å². The summed E-state index contributed by atoms with van der Waals surface area (Å²) in [7, 11) is 0. The zero-order valence-corrected chi connectivity index (χ0v) is 14.4. The highest BCUT2D eigenvalue weighted by Crippen LogP contribution is 2.14. The average molecular weight is 332 g/mol. The Hall–Kier alpha value is -2.50. The largest absolute Gasteiger partial charge is 0.467 e. The number of hydrogen-bond acceptors (Lipinski definition) is 4. The summed E-state index contributed by atoms with van der Waals surface area (Å²) in [5.41, 5.74) is -0.467. The Balaban J connectivity index is 1.92. The van der Waals surface area contributed by atoms with E-state index in [9.17, 15) is 9.59 Å². The molecule has 2 rings (SSSR count). The first-order chi connectivity index (χ1) is 11.4. The molecule has 2 heterocycles. The van der Waals surface area contributed by atoms with Gasteiger partial charge in [0.05, 0.1) is 25.6 Å². The van der Waals surface area contributed by atoms with E-state index < -0.39 is 5.41 Å². The van der Waals surface area contributed by atoms with Gasteiger partial charge in [0, 0.05) is 18.4 Å². The van der Waals surface area contributed by atoms with Crippen molar-refractivity contribution in [3.8, 4) is 0 Å². The van der Waals surface area contributed by atoms with Crippen LogP contribution >= 0.6 is 0 Å². The SMILES string of the molecule is CC(C)(C)C(=O)NCCC(=O)N(Cc1ccco1)Cc1ccco1. The van der Waals surface area contributed by atoms with Crippen LogP contribution in [0, 0.1) is 5.41 Å². The zero-order chi connectivity index (χ0) is 17.6. The van der Waals surface area contributed by atoms with Crippen molar-refractivity contribution in [2.24, 2.45) is 5.41 Å². The molecule has 0 radical (unpaired) electrons. The van der Waals surface area contributed by atoms with Gasteiger partial charge in [-0.05, 0) is 24.3 Å². The molecule has 0 spiro atoms. The van der Waals surface area contributed by atoms with E-state index in [2.05, 4.69) is 5.32 Å². The van der Waals surface area contributed by atoms with E-state index in [1.807, 2.05) is 32.9 Å². The molecule has 1 N–H and O–H groups in total. The molecule has 0 aliphatic heterocycles. The number of carbonyl (C=O) groups excluding carboxylic acids is 2. The van der Waals surface area contributed by atoms with E-state index in [0.717, 1.165) is 0 Å². The van der Waals surface area contributed by atoms with E-state index >= 15 is 0 Å². The van der Waals surface area contributed by atoms with Gasteiger partial charge in [0.25, 0.3) is 0 Å². The molecule has 0 atom stereocenters. The van der Waals surface area contributed by atoms with Gasteiger partial charge in [0.1, 0.15) is 11.5 Å². The number of hydrogen-bond donors (Lipinski definition) is 1. The van der Waals surface area contributed by atoms with E-state index in [0.29, 0.717) is 31.2 Å². The van der Waals surface area contributed by atoms with Crippen molar-refractivity contribution in [3.63, 3.8) is 0 Å². The molecule has 0 unspecified atom stereocenters. The van der Waals surface area contributed by atoms with Crippen molar-refractivity contribution in [2.75, 3.05) is 6.54 Å². The lowest BCUT2D eigenvalue weighted by molar-refractivity contribution is -0.133. The van der Waals surface area contributed by atoms with E-state index in [1.54, 1.807) is 29.6 Å². The molecule has 0 saturated heterocycles. The summed E-state index contributed by atoms with van der Waals surface area (Å²) in [4.78, 5) is 26.0. The van der Waals surface area contributed by atoms with E-state index in [4.69, 9.17) is 8.83 Å². The molecule has 0 aliphatic carbocycles. The predicted molar refractivity (Wildman–Crippen MR) is 88.8 cm³/mol. The quantitative estimate of drug-likeness (QED) is 0.846. The van der Waals surface area contributed by atoms with Crippen LogP contribution < -0.4 is 5.32 Å². The molecule has 0 aliphatic rings. The summed E-state index contributed by atoms with van der Waals surface area (Å²) in [6, 6.07) is 7.22. The van der Waals surface area contributed by atoms with Crippen LogP contribution in [0.25, 0.3) is 0 Å². The number of nitrogens with zero attached hydrogens (tertiary/aromatic N) is 1. The molecule has 6 heteroatoms. The Labute approximate surface area is 141 Å². The van der Waals surface area contributed by atoms with Crippen molar-refractivity contribution in [3.05, 3.63) is 48.3 Å². The fourth-order valence-electron chi connectivity index (χ4n) is 2.12. The van der Waals surface area contributed by atoms with Crippen LogP contribution in [0.4, 0.5) is 0 Å². The maximum absolute atomic E-state index is 12.5. The van der Waals surface area contributed by atoms with Crippen LogP contribution in [0.1, 0.15) is 38.7 Å². The molecule has 0 aromatic carbocycles. The Morgan fingerprint density at radius 3 is 2.00 bits per heavy atom. The van der Waals surface area contributed by atoms with Gasteiger partial charge < -0.3 is 19.1 Å². The van der Waals surface area contributed by atoms with Gasteiger partial charge in [-0.2, -0.15) is 0 Å². The van der Waals surface area contributed by atoms with Gasteiger partial charge in [-0.1, -0.05) is 20.8 Å². The molecule has 0 fully saturated rings. The van der Waals surface area contributed by atoms with Crippen molar-refractivity contribution >= 4 is 11.8 Å². The van der Waals surface area contributed by atoms with Gasteiger partial charge in [-0.15, -0.1) is 0 Å². The van der Waals surface area contributed by atoms with Crippen LogP contribution in [0.15, 0.2) is 45.6 Å². The Bertz CT molecular complexity index is 603. The van der Waals surface area contributed by atoms with Crippen LogP contribution in [-0.2, 0) is 22.7 Å². The normalized spacial score (nSPS) is 11.3. The minimum Gasteiger partial charge on any atom is -0.467 e. The second kappa shape index (κ2) is 7.86. The summed E-state index contributed by atoms with van der Waals surface area (Å²) < 4.78 is 10.7. The first-order valence-electron chi connectivity index (χ1n) is 7.97. The zero-order valence-electron chi connectivity index (χ0n) is 14.4. The first-order valence-corrected chi connectivity index (χ1v) is 7.97. The van der Waals surface area contributed by atoms with Gasteiger partial charge in [0.15, 0.2) is 0 Å². The summed E-state index contributed by atoms with van der Waals surface area (Å²) in [5, 5.41) is 2.79. The maximum atomic E-state index is 12.5. The second-order valence-corrected chi connectivity index (χ2v) is 6.66. The molecule has 130 valence electrons. The van der Waals surface area contributed by atoms with E-state index in [1.165, 1.54) is 0 Å². The number of furan rings is 2. The number of carbonyl (C=O) groups is 2. The molecule has 6 nitrogen and oxygen atoms in total. The summed E-state index contributed by atoms with van der Waals surface area (Å²) in [5.74, 6) is 1.26. The molecule has 2 aromatic heterocycles. The topological polar surface area (TPSA) is 75.7 Å². The van der Waals surface area contributed by atoms with E-state index in [-0.39, 0.29) is 18.2 Å². The molecule has 0 saturated carbocycles. The van der Waals surface area contributed by atoms with Crippen molar-refractivity contribution < 1.29 is 18.4 Å². The third-order valence-electron chi connectivity index (χ3n) is 3.51. The highest BCUT2D eigenvalue weighted by Gasteiger charge is 2.22. The third kappa shape index (κ3) is 5.30. The van der Waals surface area contributed by atoms with Gasteiger partial charge in [0.2, 0.25) is 11.8 Å². The lowest BCUT2D eigenvalue weighted by Crippen LogP contribution is -2.38. The first kappa shape index (κ1) is 17.8. The standard InChI is InChI=1S/C18H24N2O4/c1-18(2,3)17(22)19-9-8-16(21)20(12-14-6-4-10-23-14)13-15-7-5-11-24-15/h4-7,10-11H,8-9,12-13H2,1-3H3,(H,19,22). The molecule has 24 heavy (non-hydrogen) atoms. The minimum absolute atomic E-state index is 0.0704. The van der Waals surface area contributed by atoms with Gasteiger partial charge >= 0.3 is 0 Å². The Kier molecular flexibility index (Phi) is 5.84. The third-order valence-corrected chi connectivity index (χ3v) is 3.51. The lowest BCUT2D eigenvalue weighted by atomic mass is 9.96. The fraction of sp³-hybridized carbons (Fsp3) is 0.444. The molecule has 0 bridgehead atoms. The minimum atomic E-state index is -0.467. The average Bonchev–Trinajstić information content (AvgIpc) is 3.18. The summed E-state index contributed by atoms with van der Waals surface area (Å²) in [6.07, 6.45) is 3.38. The monoisotopic (exact) mass is 332 g/mol. The van der Waals surface area contributed by atoms with Crippen LogP contribution in [0.5, 0.6) is 0 Å². The molecular weight excluding hydrogens is 308 g/mol. The Morgan fingerprint density at radius 2 is 1.58 bits per heavy atom. The number of rotatable bonds is 7.